The van der Waals surface area contributed by atoms with Crippen molar-refractivity contribution >= 4 is 11.9 Å². The Morgan fingerprint density at radius 3 is 1.58 bits per heavy atom. The molecular weight excluding hydrogens is 179 g/mol. The van der Waals surface area contributed by atoms with Crippen LogP contribution in [0.15, 0.2) is 12.7 Å². The van der Waals surface area contributed by atoms with Crippen molar-refractivity contribution in [2.45, 2.75) is 6.18 Å². The topological polar surface area (TPSA) is 80.4 Å². The number of rotatable bonds is 1. The van der Waals surface area contributed by atoms with E-state index >= 15 is 0 Å². The number of carboxylic acids is 1. The Kier molecular flexibility index (Phi) is 5.63. The summed E-state index contributed by atoms with van der Waals surface area (Å²) >= 11 is 0. The maximum Gasteiger partial charge on any atom is 0.490 e. The zero-order valence-electron chi connectivity index (χ0n) is 5.76. The van der Waals surface area contributed by atoms with Gasteiger partial charge in [0, 0.05) is 0 Å². The van der Waals surface area contributed by atoms with Crippen molar-refractivity contribution in [1.29, 1.82) is 0 Å². The van der Waals surface area contributed by atoms with Gasteiger partial charge in [-0.15, -0.1) is 0 Å². The summed E-state index contributed by atoms with van der Waals surface area (Å²) < 4.78 is 31.7. The Labute approximate surface area is 65.5 Å². The van der Waals surface area contributed by atoms with Gasteiger partial charge in [0.25, 0.3) is 0 Å². The summed E-state index contributed by atoms with van der Waals surface area (Å²) in [6, 6.07) is 0. The molecule has 0 aliphatic heterocycles. The van der Waals surface area contributed by atoms with Crippen molar-refractivity contribution in [3.63, 3.8) is 0 Å². The SMILES string of the molecule is C=CC(N)=O.O=C(O)C(F)(F)F. The Hall–Kier alpha value is -1.53. The van der Waals surface area contributed by atoms with E-state index in [1.807, 2.05) is 0 Å². The first kappa shape index (κ1) is 13.1. The highest BCUT2D eigenvalue weighted by Crippen LogP contribution is 2.13. The molecule has 0 spiro atoms. The van der Waals surface area contributed by atoms with E-state index in [4.69, 9.17) is 9.90 Å². The molecule has 4 nitrogen and oxygen atoms in total. The highest BCUT2D eigenvalue weighted by Gasteiger charge is 2.38. The van der Waals surface area contributed by atoms with E-state index in [0.717, 1.165) is 6.08 Å². The predicted molar refractivity (Wildman–Crippen MR) is 33.1 cm³/mol. The first-order valence-electron chi connectivity index (χ1n) is 2.43. The molecule has 0 saturated heterocycles. The quantitative estimate of drug-likeness (QED) is 0.576. The standard InChI is InChI=1S/C3H5NO.C2HF3O2/c1-2-3(4)5;3-2(4,5)1(6)7/h2H,1H2,(H2,4,5);(H,6,7). The number of carbonyl (C=O) groups excluding carboxylic acids is 1. The van der Waals surface area contributed by atoms with E-state index in [1.54, 1.807) is 0 Å². The molecule has 0 radical (unpaired) electrons. The van der Waals surface area contributed by atoms with E-state index < -0.39 is 18.1 Å². The second-order valence-corrected chi connectivity index (χ2v) is 1.41. The number of alkyl halides is 3. The first-order chi connectivity index (χ1) is 5.21. The third-order valence-corrected chi connectivity index (χ3v) is 0.444. The molecule has 0 aliphatic rings. The Balaban J connectivity index is 0. The highest BCUT2D eigenvalue weighted by molar-refractivity contribution is 5.84. The van der Waals surface area contributed by atoms with Crippen molar-refractivity contribution in [2.75, 3.05) is 0 Å². The molecule has 0 heterocycles. The highest BCUT2D eigenvalue weighted by atomic mass is 19.4. The summed E-state index contributed by atoms with van der Waals surface area (Å²) in [7, 11) is 0. The fourth-order valence-electron chi connectivity index (χ4n) is 0. The minimum absolute atomic E-state index is 0.481. The molecule has 0 aromatic heterocycles. The second-order valence-electron chi connectivity index (χ2n) is 1.41. The van der Waals surface area contributed by atoms with Crippen LogP contribution in [0.25, 0.3) is 0 Å². The molecule has 0 bridgehead atoms. The van der Waals surface area contributed by atoms with Gasteiger partial charge in [0.1, 0.15) is 0 Å². The average Bonchev–Trinajstić information content (AvgIpc) is 1.87. The van der Waals surface area contributed by atoms with E-state index in [9.17, 15) is 18.0 Å². The molecule has 0 aliphatic carbocycles. The fraction of sp³-hybridized carbons (Fsp3) is 0.200. The number of carbonyl (C=O) groups is 2. The second kappa shape index (κ2) is 5.16. The molecule has 1 amide bonds. The van der Waals surface area contributed by atoms with Gasteiger partial charge in [0.2, 0.25) is 5.91 Å². The maximum absolute atomic E-state index is 10.6. The minimum Gasteiger partial charge on any atom is -0.475 e. The maximum atomic E-state index is 10.6. The van der Waals surface area contributed by atoms with Gasteiger partial charge in [0.05, 0.1) is 0 Å². The van der Waals surface area contributed by atoms with Crippen molar-refractivity contribution in [3.05, 3.63) is 12.7 Å². The molecule has 7 heteroatoms. The van der Waals surface area contributed by atoms with Crippen LogP contribution >= 0.6 is 0 Å². The van der Waals surface area contributed by atoms with Crippen LogP contribution in [-0.2, 0) is 9.59 Å². The van der Waals surface area contributed by atoms with E-state index in [-0.39, 0.29) is 0 Å². The van der Waals surface area contributed by atoms with Gasteiger partial charge in [-0.1, -0.05) is 6.58 Å². The van der Waals surface area contributed by atoms with Crippen LogP contribution in [0.1, 0.15) is 0 Å². The molecule has 12 heavy (non-hydrogen) atoms. The first-order valence-corrected chi connectivity index (χ1v) is 2.43. The minimum atomic E-state index is -5.08. The van der Waals surface area contributed by atoms with Crippen molar-refractivity contribution in [1.82, 2.24) is 0 Å². The van der Waals surface area contributed by atoms with Crippen LogP contribution in [0.4, 0.5) is 13.2 Å². The molecule has 0 aromatic rings. The van der Waals surface area contributed by atoms with Crippen molar-refractivity contribution in [3.8, 4) is 0 Å². The summed E-state index contributed by atoms with van der Waals surface area (Å²) in [5.74, 6) is -3.24. The average molecular weight is 185 g/mol. The van der Waals surface area contributed by atoms with Crippen LogP contribution < -0.4 is 5.73 Å². The van der Waals surface area contributed by atoms with E-state index in [0.29, 0.717) is 0 Å². The van der Waals surface area contributed by atoms with Crippen molar-refractivity contribution in [2.24, 2.45) is 5.73 Å². The van der Waals surface area contributed by atoms with Gasteiger partial charge < -0.3 is 10.8 Å². The number of nitrogens with two attached hydrogens (primary N) is 1. The monoisotopic (exact) mass is 185 g/mol. The Morgan fingerprint density at radius 2 is 1.58 bits per heavy atom. The largest absolute Gasteiger partial charge is 0.490 e. The van der Waals surface area contributed by atoms with Gasteiger partial charge in [-0.2, -0.15) is 13.2 Å². The Morgan fingerprint density at radius 1 is 1.42 bits per heavy atom. The number of halogens is 3. The van der Waals surface area contributed by atoms with Crippen LogP contribution in [0, 0.1) is 0 Å². The zero-order chi connectivity index (χ0) is 10.4. The van der Waals surface area contributed by atoms with E-state index in [2.05, 4.69) is 12.3 Å². The lowest BCUT2D eigenvalue weighted by Crippen LogP contribution is -2.21. The number of primary amides is 1. The van der Waals surface area contributed by atoms with E-state index in [1.165, 1.54) is 0 Å². The van der Waals surface area contributed by atoms with Gasteiger partial charge in [-0.25, -0.2) is 4.79 Å². The molecular formula is C5H6F3NO3. The van der Waals surface area contributed by atoms with Gasteiger partial charge in [-0.05, 0) is 6.08 Å². The van der Waals surface area contributed by atoms with Crippen LogP contribution in [0.5, 0.6) is 0 Å². The Bertz CT molecular complexity index is 187. The predicted octanol–water partition coefficient (Wildman–Crippen LogP) is 0.291. The lowest BCUT2D eigenvalue weighted by Gasteiger charge is -1.93. The fourth-order valence-corrected chi connectivity index (χ4v) is 0. The normalized spacial score (nSPS) is 9.25. The molecule has 0 rings (SSSR count). The zero-order valence-corrected chi connectivity index (χ0v) is 5.76. The number of amides is 1. The van der Waals surface area contributed by atoms with Gasteiger partial charge >= 0.3 is 12.1 Å². The molecule has 0 unspecified atom stereocenters. The molecule has 0 aromatic carbocycles. The van der Waals surface area contributed by atoms with Gasteiger partial charge in [-0.3, -0.25) is 4.79 Å². The van der Waals surface area contributed by atoms with Crippen molar-refractivity contribution < 1.29 is 27.9 Å². The number of aliphatic carboxylic acids is 1. The lowest BCUT2D eigenvalue weighted by molar-refractivity contribution is -0.192. The molecule has 0 fully saturated rings. The molecule has 70 valence electrons. The lowest BCUT2D eigenvalue weighted by atomic mass is 10.6. The third kappa shape index (κ3) is 11.3. The smallest absolute Gasteiger partial charge is 0.475 e. The molecule has 3 N–H and O–H groups in total. The summed E-state index contributed by atoms with van der Waals surface area (Å²) in [5, 5.41) is 7.12. The number of hydrogen-bond donors (Lipinski definition) is 2. The van der Waals surface area contributed by atoms with Crippen LogP contribution in [0.2, 0.25) is 0 Å². The molecule has 0 atom stereocenters. The third-order valence-electron chi connectivity index (χ3n) is 0.444. The summed E-state index contributed by atoms with van der Waals surface area (Å²) in [6.45, 7) is 3.09. The number of hydrogen-bond acceptors (Lipinski definition) is 2. The van der Waals surface area contributed by atoms with Crippen LogP contribution in [0.3, 0.4) is 0 Å². The summed E-state index contributed by atoms with van der Waals surface area (Å²) in [4.78, 5) is 18.4. The number of carboxylic acid groups (broad SMARTS) is 1. The summed E-state index contributed by atoms with van der Waals surface area (Å²) in [6.07, 6.45) is -4.03. The summed E-state index contributed by atoms with van der Waals surface area (Å²) in [5.41, 5.74) is 4.53. The van der Waals surface area contributed by atoms with Gasteiger partial charge in [0.15, 0.2) is 0 Å². The molecule has 0 saturated carbocycles. The van der Waals surface area contributed by atoms with Crippen LogP contribution in [-0.4, -0.2) is 23.2 Å².